The van der Waals surface area contributed by atoms with Crippen LogP contribution in [0.15, 0.2) is 42.7 Å². The lowest BCUT2D eigenvalue weighted by atomic mass is 9.82. The van der Waals surface area contributed by atoms with Gasteiger partial charge in [0.2, 0.25) is 0 Å². The second-order valence-corrected chi connectivity index (χ2v) is 13.2. The standard InChI is InChI=1S/C33H43ClN4O4/c1-21-8-10-26(25(34)18-21)41-17-14-35-27-11-9-23(19-37-27)24-20-36-22(2)28(30(31(39)40)42-32(3,4)5)29(24)38-15-12-33(6,7)13-16-38/h8-11,18-20,30H,12-17H2,1-7H3,(H,35,37)(H,39,40)/t30-/m0/s1. The lowest BCUT2D eigenvalue weighted by molar-refractivity contribution is -0.160. The number of hydrogen-bond acceptors (Lipinski definition) is 7. The fourth-order valence-corrected chi connectivity index (χ4v) is 5.41. The number of halogens is 1. The van der Waals surface area contributed by atoms with Crippen LogP contribution in [-0.4, -0.2) is 52.9 Å². The van der Waals surface area contributed by atoms with Crippen molar-refractivity contribution in [2.75, 3.05) is 36.5 Å². The molecule has 2 N–H and O–H groups in total. The zero-order chi connectivity index (χ0) is 30.7. The van der Waals surface area contributed by atoms with Crippen LogP contribution in [0.5, 0.6) is 5.75 Å². The molecule has 1 fully saturated rings. The molecule has 0 bridgehead atoms. The summed E-state index contributed by atoms with van der Waals surface area (Å²) in [6, 6.07) is 9.62. The molecule has 0 amide bonds. The summed E-state index contributed by atoms with van der Waals surface area (Å²) in [5.74, 6) is 0.328. The second-order valence-electron chi connectivity index (χ2n) is 12.8. The van der Waals surface area contributed by atoms with E-state index in [0.717, 1.165) is 48.3 Å². The summed E-state index contributed by atoms with van der Waals surface area (Å²) in [5, 5.41) is 14.2. The van der Waals surface area contributed by atoms with Gasteiger partial charge < -0.3 is 24.8 Å². The minimum absolute atomic E-state index is 0.233. The molecule has 1 atom stereocenters. The van der Waals surface area contributed by atoms with Gasteiger partial charge in [-0.3, -0.25) is 4.98 Å². The third kappa shape index (κ3) is 7.92. The Bertz CT molecular complexity index is 1390. The van der Waals surface area contributed by atoms with Gasteiger partial charge >= 0.3 is 5.97 Å². The maximum absolute atomic E-state index is 12.6. The minimum Gasteiger partial charge on any atom is -0.490 e. The molecule has 1 saturated heterocycles. The van der Waals surface area contributed by atoms with E-state index in [1.165, 1.54) is 0 Å². The van der Waals surface area contributed by atoms with Gasteiger partial charge in [0.1, 0.15) is 18.2 Å². The van der Waals surface area contributed by atoms with Crippen molar-refractivity contribution in [3.05, 3.63) is 64.6 Å². The zero-order valence-corrected chi connectivity index (χ0v) is 26.5. The van der Waals surface area contributed by atoms with E-state index in [0.29, 0.717) is 41.0 Å². The van der Waals surface area contributed by atoms with Crippen molar-refractivity contribution >= 4 is 29.1 Å². The number of nitrogens with one attached hydrogen (secondary N) is 1. The molecule has 0 aliphatic carbocycles. The first kappa shape index (κ1) is 31.6. The Morgan fingerprint density at radius 3 is 2.43 bits per heavy atom. The van der Waals surface area contributed by atoms with Gasteiger partial charge in [-0.1, -0.05) is 31.5 Å². The first-order chi connectivity index (χ1) is 19.7. The lowest BCUT2D eigenvalue weighted by Gasteiger charge is -2.40. The van der Waals surface area contributed by atoms with Gasteiger partial charge in [0, 0.05) is 47.9 Å². The molecule has 3 aromatic rings. The van der Waals surface area contributed by atoms with E-state index in [-0.39, 0.29) is 5.41 Å². The summed E-state index contributed by atoms with van der Waals surface area (Å²) in [4.78, 5) is 24.2. The number of hydrogen-bond donors (Lipinski definition) is 2. The number of carboxylic acids is 1. The van der Waals surface area contributed by atoms with Crippen LogP contribution in [0.2, 0.25) is 5.02 Å². The number of carbonyl (C=O) groups is 1. The number of aryl methyl sites for hydroxylation is 2. The van der Waals surface area contributed by atoms with Crippen molar-refractivity contribution in [3.8, 4) is 16.9 Å². The van der Waals surface area contributed by atoms with Crippen molar-refractivity contribution in [1.82, 2.24) is 9.97 Å². The molecule has 2 aromatic heterocycles. The minimum atomic E-state index is -1.15. The van der Waals surface area contributed by atoms with E-state index in [9.17, 15) is 9.90 Å². The zero-order valence-electron chi connectivity index (χ0n) is 25.8. The number of carboxylic acid groups (broad SMARTS) is 1. The highest BCUT2D eigenvalue weighted by Crippen LogP contribution is 2.43. The molecule has 0 radical (unpaired) electrons. The van der Waals surface area contributed by atoms with Crippen LogP contribution in [0.1, 0.15) is 70.4 Å². The number of piperidine rings is 1. The van der Waals surface area contributed by atoms with Crippen LogP contribution in [-0.2, 0) is 9.53 Å². The summed E-state index contributed by atoms with van der Waals surface area (Å²) < 4.78 is 11.9. The van der Waals surface area contributed by atoms with Crippen LogP contribution in [0.25, 0.3) is 11.1 Å². The average Bonchev–Trinajstić information content (AvgIpc) is 2.91. The number of aliphatic carboxylic acids is 1. The van der Waals surface area contributed by atoms with Crippen LogP contribution in [0, 0.1) is 19.3 Å². The van der Waals surface area contributed by atoms with Crippen molar-refractivity contribution in [2.45, 2.75) is 73.0 Å². The van der Waals surface area contributed by atoms with Crippen LogP contribution in [0.3, 0.4) is 0 Å². The van der Waals surface area contributed by atoms with E-state index in [1.807, 2.05) is 71.1 Å². The molecule has 42 heavy (non-hydrogen) atoms. The van der Waals surface area contributed by atoms with Crippen molar-refractivity contribution in [3.63, 3.8) is 0 Å². The Labute approximate surface area is 254 Å². The highest BCUT2D eigenvalue weighted by atomic mass is 35.5. The van der Waals surface area contributed by atoms with Gasteiger partial charge in [-0.25, -0.2) is 9.78 Å². The highest BCUT2D eigenvalue weighted by Gasteiger charge is 2.35. The number of benzene rings is 1. The van der Waals surface area contributed by atoms with Gasteiger partial charge in [-0.15, -0.1) is 0 Å². The maximum Gasteiger partial charge on any atom is 0.337 e. The number of anilines is 2. The molecule has 4 rings (SSSR count). The molecule has 9 heteroatoms. The van der Waals surface area contributed by atoms with Crippen LogP contribution < -0.4 is 15.0 Å². The normalized spacial score (nSPS) is 15.8. The number of pyridine rings is 2. The van der Waals surface area contributed by atoms with Gasteiger partial charge in [-0.2, -0.15) is 0 Å². The van der Waals surface area contributed by atoms with Crippen LogP contribution >= 0.6 is 11.6 Å². The summed E-state index contributed by atoms with van der Waals surface area (Å²) in [6.07, 6.45) is 4.48. The summed E-state index contributed by atoms with van der Waals surface area (Å²) in [5.41, 5.74) is 4.47. The molecular weight excluding hydrogens is 552 g/mol. The molecule has 1 aromatic carbocycles. The Hall–Kier alpha value is -3.36. The third-order valence-corrected chi connectivity index (χ3v) is 7.80. The number of nitrogens with zero attached hydrogens (tertiary/aromatic N) is 3. The van der Waals surface area contributed by atoms with Crippen LogP contribution in [0.4, 0.5) is 11.5 Å². The monoisotopic (exact) mass is 594 g/mol. The Kier molecular flexibility index (Phi) is 9.68. The molecule has 0 spiro atoms. The second kappa shape index (κ2) is 12.9. The fourth-order valence-electron chi connectivity index (χ4n) is 5.12. The van der Waals surface area contributed by atoms with Crippen molar-refractivity contribution in [1.29, 1.82) is 0 Å². The SMILES string of the molecule is Cc1ccc(OCCNc2ccc(-c3cnc(C)c([C@H](OC(C)(C)C)C(=O)O)c3N3CCC(C)(C)CC3)cn2)c(Cl)c1. The Balaban J connectivity index is 1.61. The molecule has 8 nitrogen and oxygen atoms in total. The number of rotatable bonds is 10. The topological polar surface area (TPSA) is 96.8 Å². The van der Waals surface area contributed by atoms with E-state index >= 15 is 0 Å². The molecule has 0 unspecified atom stereocenters. The molecule has 1 aliphatic rings. The highest BCUT2D eigenvalue weighted by molar-refractivity contribution is 6.32. The fraction of sp³-hybridized carbons (Fsp3) is 0.485. The van der Waals surface area contributed by atoms with E-state index in [2.05, 4.69) is 34.0 Å². The molecular formula is C33H43ClN4O4. The predicted molar refractivity (Wildman–Crippen MR) is 169 cm³/mol. The lowest BCUT2D eigenvalue weighted by Crippen LogP contribution is -2.39. The van der Waals surface area contributed by atoms with E-state index in [4.69, 9.17) is 21.1 Å². The first-order valence-corrected chi connectivity index (χ1v) is 14.9. The molecule has 0 saturated carbocycles. The molecule has 3 heterocycles. The maximum atomic E-state index is 12.6. The van der Waals surface area contributed by atoms with E-state index in [1.54, 1.807) is 6.20 Å². The van der Waals surface area contributed by atoms with Gasteiger partial charge in [0.05, 0.1) is 22.9 Å². The summed E-state index contributed by atoms with van der Waals surface area (Å²) in [6.45, 7) is 16.6. The Morgan fingerprint density at radius 2 is 1.83 bits per heavy atom. The third-order valence-electron chi connectivity index (χ3n) is 7.51. The summed E-state index contributed by atoms with van der Waals surface area (Å²) in [7, 11) is 0. The van der Waals surface area contributed by atoms with Gasteiger partial charge in [-0.05, 0) is 82.7 Å². The first-order valence-electron chi connectivity index (χ1n) is 14.5. The van der Waals surface area contributed by atoms with Gasteiger partial charge in [0.15, 0.2) is 6.10 Å². The van der Waals surface area contributed by atoms with Gasteiger partial charge in [0.25, 0.3) is 0 Å². The molecule has 226 valence electrons. The quantitative estimate of drug-likeness (QED) is 0.233. The van der Waals surface area contributed by atoms with Crippen molar-refractivity contribution in [2.24, 2.45) is 5.41 Å². The van der Waals surface area contributed by atoms with Crippen molar-refractivity contribution < 1.29 is 19.4 Å². The summed E-state index contributed by atoms with van der Waals surface area (Å²) >= 11 is 6.27. The average molecular weight is 595 g/mol. The largest absolute Gasteiger partial charge is 0.490 e. The smallest absolute Gasteiger partial charge is 0.337 e. The number of aromatic nitrogens is 2. The van der Waals surface area contributed by atoms with E-state index < -0.39 is 17.7 Å². The Morgan fingerprint density at radius 1 is 1.12 bits per heavy atom. The number of ether oxygens (including phenoxy) is 2. The molecule has 1 aliphatic heterocycles. The predicted octanol–water partition coefficient (Wildman–Crippen LogP) is 7.47.